The fraction of sp³-hybridized carbons (Fsp3) is 0.538. The van der Waals surface area contributed by atoms with E-state index in [0.29, 0.717) is 10.6 Å². The summed E-state index contributed by atoms with van der Waals surface area (Å²) in [5.74, 6) is -0.955. The molecule has 19 heavy (non-hydrogen) atoms. The van der Waals surface area contributed by atoms with Gasteiger partial charge >= 0.3 is 12.0 Å². The zero-order valence-corrected chi connectivity index (χ0v) is 11.7. The number of thiophene rings is 1. The molecular weight excluding hydrogens is 264 g/mol. The van der Waals surface area contributed by atoms with Crippen LogP contribution in [-0.2, 0) is 0 Å². The first-order chi connectivity index (χ1) is 9.06. The van der Waals surface area contributed by atoms with Crippen LogP contribution in [0.15, 0.2) is 6.07 Å². The molecule has 0 aliphatic heterocycles. The van der Waals surface area contributed by atoms with Crippen molar-refractivity contribution >= 4 is 28.3 Å². The molecule has 1 saturated carbocycles. The molecule has 0 bridgehead atoms. The molecule has 104 valence electrons. The Kier molecular flexibility index (Phi) is 4.42. The average Bonchev–Trinajstić information content (AvgIpc) is 2.71. The molecule has 6 heteroatoms. The van der Waals surface area contributed by atoms with Gasteiger partial charge in [0.05, 0.1) is 5.00 Å². The van der Waals surface area contributed by atoms with E-state index >= 15 is 0 Å². The second-order valence-corrected chi connectivity index (χ2v) is 5.91. The van der Waals surface area contributed by atoms with E-state index in [1.54, 1.807) is 13.0 Å². The van der Waals surface area contributed by atoms with Crippen LogP contribution < -0.4 is 10.6 Å². The lowest BCUT2D eigenvalue weighted by Gasteiger charge is -2.22. The number of hydrogen-bond acceptors (Lipinski definition) is 3. The second kappa shape index (κ2) is 6.06. The Balaban J connectivity index is 1.91. The summed E-state index contributed by atoms with van der Waals surface area (Å²) in [6.45, 7) is 1.73. The smallest absolute Gasteiger partial charge is 0.346 e. The summed E-state index contributed by atoms with van der Waals surface area (Å²) in [4.78, 5) is 23.0. The van der Waals surface area contributed by atoms with Crippen molar-refractivity contribution in [1.29, 1.82) is 0 Å². The van der Waals surface area contributed by atoms with Crippen molar-refractivity contribution in [3.63, 3.8) is 0 Å². The van der Waals surface area contributed by atoms with E-state index in [4.69, 9.17) is 5.11 Å². The minimum absolute atomic E-state index is 0.244. The lowest BCUT2D eigenvalue weighted by Crippen LogP contribution is -2.38. The Morgan fingerprint density at radius 1 is 1.32 bits per heavy atom. The van der Waals surface area contributed by atoms with E-state index in [1.165, 1.54) is 6.42 Å². The molecule has 0 saturated heterocycles. The summed E-state index contributed by atoms with van der Waals surface area (Å²) in [6, 6.07) is 1.69. The third-order valence-corrected chi connectivity index (χ3v) is 4.43. The zero-order chi connectivity index (χ0) is 13.8. The van der Waals surface area contributed by atoms with Crippen molar-refractivity contribution in [3.8, 4) is 0 Å². The van der Waals surface area contributed by atoms with E-state index in [1.807, 2.05) is 0 Å². The third kappa shape index (κ3) is 3.70. The Bertz CT molecular complexity index is 478. The summed E-state index contributed by atoms with van der Waals surface area (Å²) >= 11 is 1.09. The minimum atomic E-state index is -0.955. The number of urea groups is 1. The molecule has 0 spiro atoms. The third-order valence-electron chi connectivity index (χ3n) is 3.29. The molecule has 1 aromatic rings. The number of carboxylic acids is 1. The first-order valence-corrected chi connectivity index (χ1v) is 7.29. The van der Waals surface area contributed by atoms with Gasteiger partial charge in [0.25, 0.3) is 0 Å². The van der Waals surface area contributed by atoms with Gasteiger partial charge in [0.15, 0.2) is 0 Å². The molecule has 2 rings (SSSR count). The van der Waals surface area contributed by atoms with Crippen LogP contribution in [0.25, 0.3) is 0 Å². The van der Waals surface area contributed by atoms with Crippen molar-refractivity contribution < 1.29 is 14.7 Å². The predicted molar refractivity (Wildman–Crippen MR) is 75.0 cm³/mol. The molecule has 1 heterocycles. The maximum Gasteiger partial charge on any atom is 0.346 e. The molecule has 1 aromatic heterocycles. The van der Waals surface area contributed by atoms with Crippen LogP contribution in [-0.4, -0.2) is 23.1 Å². The van der Waals surface area contributed by atoms with Gasteiger partial charge in [0.2, 0.25) is 0 Å². The highest BCUT2D eigenvalue weighted by atomic mass is 32.1. The van der Waals surface area contributed by atoms with E-state index < -0.39 is 5.97 Å². The number of aryl methyl sites for hydroxylation is 1. The van der Waals surface area contributed by atoms with E-state index in [-0.39, 0.29) is 17.0 Å². The first-order valence-electron chi connectivity index (χ1n) is 6.47. The van der Waals surface area contributed by atoms with Gasteiger partial charge in [-0.2, -0.15) is 0 Å². The molecule has 0 atom stereocenters. The SMILES string of the molecule is Cc1cc(NC(=O)NC2CCCCC2)sc1C(=O)O. The number of carbonyl (C=O) groups is 2. The van der Waals surface area contributed by atoms with Gasteiger partial charge in [-0.15, -0.1) is 11.3 Å². The number of rotatable bonds is 3. The van der Waals surface area contributed by atoms with Crippen LogP contribution in [0.5, 0.6) is 0 Å². The van der Waals surface area contributed by atoms with Gasteiger partial charge in [0.1, 0.15) is 4.88 Å². The number of nitrogens with one attached hydrogen (secondary N) is 2. The Morgan fingerprint density at radius 2 is 2.00 bits per heavy atom. The number of amides is 2. The number of carboxylic acid groups (broad SMARTS) is 1. The zero-order valence-electron chi connectivity index (χ0n) is 10.9. The van der Waals surface area contributed by atoms with Gasteiger partial charge in [-0.3, -0.25) is 5.32 Å². The number of carbonyl (C=O) groups excluding carboxylic acids is 1. The van der Waals surface area contributed by atoms with Crippen LogP contribution in [0.1, 0.15) is 47.3 Å². The molecular formula is C13H18N2O3S. The maximum atomic E-state index is 11.8. The molecule has 2 amide bonds. The van der Waals surface area contributed by atoms with Crippen molar-refractivity contribution in [3.05, 3.63) is 16.5 Å². The summed E-state index contributed by atoms with van der Waals surface area (Å²) in [5, 5.41) is 15.2. The first kappa shape index (κ1) is 13.9. The molecule has 5 nitrogen and oxygen atoms in total. The summed E-state index contributed by atoms with van der Waals surface area (Å²) in [6.07, 6.45) is 5.61. The van der Waals surface area contributed by atoms with Crippen molar-refractivity contribution in [1.82, 2.24) is 5.32 Å². The van der Waals surface area contributed by atoms with Gasteiger partial charge in [-0.05, 0) is 31.4 Å². The lowest BCUT2D eigenvalue weighted by molar-refractivity contribution is 0.0701. The average molecular weight is 282 g/mol. The number of anilines is 1. The van der Waals surface area contributed by atoms with Crippen LogP contribution in [0.2, 0.25) is 0 Å². The Hall–Kier alpha value is -1.56. The monoisotopic (exact) mass is 282 g/mol. The largest absolute Gasteiger partial charge is 0.477 e. The van der Waals surface area contributed by atoms with Gasteiger partial charge in [-0.25, -0.2) is 9.59 Å². The second-order valence-electron chi connectivity index (χ2n) is 4.86. The highest BCUT2D eigenvalue weighted by molar-refractivity contribution is 7.18. The van der Waals surface area contributed by atoms with E-state index in [9.17, 15) is 9.59 Å². The standard InChI is InChI=1S/C13H18N2O3S/c1-8-7-10(19-11(8)12(16)17)15-13(18)14-9-5-3-2-4-6-9/h7,9H,2-6H2,1H3,(H,16,17)(H2,14,15,18). The maximum absolute atomic E-state index is 11.8. The Labute approximate surface area is 116 Å². The van der Waals surface area contributed by atoms with Gasteiger partial charge < -0.3 is 10.4 Å². The molecule has 1 aliphatic carbocycles. The highest BCUT2D eigenvalue weighted by Gasteiger charge is 2.17. The topological polar surface area (TPSA) is 78.4 Å². The normalized spacial score (nSPS) is 16.1. The number of aromatic carboxylic acids is 1. The molecule has 0 aromatic carbocycles. The molecule has 1 fully saturated rings. The van der Waals surface area contributed by atoms with Gasteiger partial charge in [-0.1, -0.05) is 19.3 Å². The lowest BCUT2D eigenvalue weighted by atomic mass is 9.96. The quantitative estimate of drug-likeness (QED) is 0.796. The molecule has 0 radical (unpaired) electrons. The molecule has 3 N–H and O–H groups in total. The summed E-state index contributed by atoms with van der Waals surface area (Å²) in [5.41, 5.74) is 0.672. The van der Waals surface area contributed by atoms with Crippen molar-refractivity contribution in [2.75, 3.05) is 5.32 Å². The summed E-state index contributed by atoms with van der Waals surface area (Å²) in [7, 11) is 0. The van der Waals surface area contributed by atoms with E-state index in [0.717, 1.165) is 37.0 Å². The highest BCUT2D eigenvalue weighted by Crippen LogP contribution is 2.26. The fourth-order valence-electron chi connectivity index (χ4n) is 2.34. The predicted octanol–water partition coefficient (Wildman–Crippen LogP) is 3.21. The van der Waals surface area contributed by atoms with Crippen LogP contribution >= 0.6 is 11.3 Å². The molecule has 0 unspecified atom stereocenters. The van der Waals surface area contributed by atoms with Crippen molar-refractivity contribution in [2.24, 2.45) is 0 Å². The number of hydrogen-bond donors (Lipinski definition) is 3. The molecule has 1 aliphatic rings. The van der Waals surface area contributed by atoms with Crippen LogP contribution in [0.3, 0.4) is 0 Å². The van der Waals surface area contributed by atoms with Gasteiger partial charge in [0, 0.05) is 6.04 Å². The minimum Gasteiger partial charge on any atom is -0.477 e. The van der Waals surface area contributed by atoms with Crippen LogP contribution in [0, 0.1) is 6.92 Å². The van der Waals surface area contributed by atoms with E-state index in [2.05, 4.69) is 10.6 Å². The Morgan fingerprint density at radius 3 is 2.58 bits per heavy atom. The van der Waals surface area contributed by atoms with Crippen LogP contribution in [0.4, 0.5) is 9.80 Å². The summed E-state index contributed by atoms with van der Waals surface area (Å²) < 4.78 is 0. The fourth-order valence-corrected chi connectivity index (χ4v) is 3.24. The van der Waals surface area contributed by atoms with Crippen molar-refractivity contribution in [2.45, 2.75) is 45.1 Å².